The minimum Gasteiger partial charge on any atom is -0.329 e. The van der Waals surface area contributed by atoms with Gasteiger partial charge in [0.25, 0.3) is 0 Å². The fraction of sp³-hybridized carbons (Fsp3) is 1.00. The molecule has 0 aliphatic carbocycles. The molecule has 2 unspecified atom stereocenters. The number of hydrogen-bond donors (Lipinski definition) is 0. The van der Waals surface area contributed by atoms with E-state index >= 15 is 0 Å². The van der Waals surface area contributed by atoms with Gasteiger partial charge in [0.05, 0.1) is 55.5 Å². The molecule has 0 bridgehead atoms. The summed E-state index contributed by atoms with van der Waals surface area (Å²) in [5, 5.41) is 0. The Morgan fingerprint density at radius 1 is 0.538 bits per heavy atom. The van der Waals surface area contributed by atoms with Gasteiger partial charge in [0.1, 0.15) is 26.3 Å². The van der Waals surface area contributed by atoms with Crippen LogP contribution in [0.15, 0.2) is 0 Å². The topological polar surface area (TPSA) is 71.1 Å². The van der Waals surface area contributed by atoms with Crippen LogP contribution >= 0.6 is 16.5 Å². The largest absolute Gasteiger partial charge is 0.329 e. The molecular weight excluding hydrogens is 378 g/mol. The van der Waals surface area contributed by atoms with Crippen molar-refractivity contribution in [3.8, 4) is 0 Å². The van der Waals surface area contributed by atoms with E-state index in [9.17, 15) is 9.13 Å². The van der Waals surface area contributed by atoms with Gasteiger partial charge in [-0.05, 0) is 12.8 Å². The van der Waals surface area contributed by atoms with E-state index in [4.69, 9.17) is 18.1 Å². The molecule has 0 saturated heterocycles. The number of nitrogens with zero attached hydrogens (tertiary/aromatic N) is 2. The zero-order chi connectivity index (χ0) is 20.1. The van der Waals surface area contributed by atoms with Crippen molar-refractivity contribution in [2.45, 2.75) is 25.7 Å². The zero-order valence-electron chi connectivity index (χ0n) is 17.4. The second kappa shape index (κ2) is 14.3. The van der Waals surface area contributed by atoms with Gasteiger partial charge >= 0.3 is 16.5 Å². The van der Waals surface area contributed by atoms with Crippen LogP contribution in [-0.2, 0) is 27.2 Å². The van der Waals surface area contributed by atoms with E-state index in [-0.39, 0.29) is 0 Å². The lowest BCUT2D eigenvalue weighted by molar-refractivity contribution is -0.870. The van der Waals surface area contributed by atoms with Gasteiger partial charge in [-0.3, -0.25) is 9.13 Å². The van der Waals surface area contributed by atoms with E-state index < -0.39 is 16.5 Å². The van der Waals surface area contributed by atoms with Crippen molar-refractivity contribution >= 4 is 16.5 Å². The number of hydrogen-bond acceptors (Lipinski definition) is 6. The molecule has 2 atom stereocenters. The van der Waals surface area contributed by atoms with Crippen molar-refractivity contribution < 1.29 is 36.2 Å². The summed E-state index contributed by atoms with van der Waals surface area (Å²) in [5.41, 5.74) is 0. The summed E-state index contributed by atoms with van der Waals surface area (Å²) < 4.78 is 45.4. The van der Waals surface area contributed by atoms with Crippen LogP contribution in [0.3, 0.4) is 0 Å². The molecule has 0 radical (unpaired) electrons. The highest BCUT2D eigenvalue weighted by Crippen LogP contribution is 2.25. The molecule has 8 nitrogen and oxygen atoms in total. The Bertz CT molecular complexity index is 373. The molecule has 0 amide bonds. The molecule has 0 aromatic rings. The second-order valence-electron chi connectivity index (χ2n) is 8.34. The molecule has 0 aromatic carbocycles. The standard InChI is InChI=1S/C16H40N2O6P2/c1-17(2,3)11-15-23-25(19)21-13-9-7-8-10-14-22-26(20)24-16-12-18(4,5)6/h25-26H,7-16H2,1-6H3/q+2. The van der Waals surface area contributed by atoms with Gasteiger partial charge in [-0.15, -0.1) is 0 Å². The summed E-state index contributed by atoms with van der Waals surface area (Å²) in [6.07, 6.45) is 3.54. The van der Waals surface area contributed by atoms with Crippen molar-refractivity contribution in [1.29, 1.82) is 0 Å². The normalized spacial score (nSPS) is 15.2. The lowest BCUT2D eigenvalue weighted by Gasteiger charge is -2.23. The Morgan fingerprint density at radius 3 is 1.15 bits per heavy atom. The van der Waals surface area contributed by atoms with E-state index in [2.05, 4.69) is 42.3 Å². The Labute approximate surface area is 160 Å². The third kappa shape index (κ3) is 20.5. The van der Waals surface area contributed by atoms with Gasteiger partial charge in [0.2, 0.25) is 0 Å². The van der Waals surface area contributed by atoms with E-state index in [1.54, 1.807) is 0 Å². The average Bonchev–Trinajstić information content (AvgIpc) is 2.47. The summed E-state index contributed by atoms with van der Waals surface area (Å²) in [6, 6.07) is 0. The third-order valence-electron chi connectivity index (χ3n) is 3.44. The number of likely N-dealkylation sites (N-methyl/N-ethyl adjacent to an activating group) is 2. The predicted octanol–water partition coefficient (Wildman–Crippen LogP) is 2.81. The van der Waals surface area contributed by atoms with E-state index in [1.807, 2.05) is 0 Å². The second-order valence-corrected chi connectivity index (χ2v) is 10.5. The number of quaternary nitrogens is 2. The monoisotopic (exact) mass is 418 g/mol. The molecule has 10 heteroatoms. The van der Waals surface area contributed by atoms with Crippen molar-refractivity contribution in [2.75, 3.05) is 81.8 Å². The van der Waals surface area contributed by atoms with Crippen molar-refractivity contribution in [1.82, 2.24) is 0 Å². The maximum atomic E-state index is 11.6. The summed E-state index contributed by atoms with van der Waals surface area (Å²) in [7, 11) is 7.57. The smallest absolute Gasteiger partial charge is 0.319 e. The summed E-state index contributed by atoms with van der Waals surface area (Å²) in [4.78, 5) is 0. The molecule has 0 aliphatic rings. The van der Waals surface area contributed by atoms with Crippen LogP contribution in [0.1, 0.15) is 25.7 Å². The minimum absolute atomic E-state index is 0.438. The Hall–Kier alpha value is 0.220. The summed E-state index contributed by atoms with van der Waals surface area (Å²) in [5.74, 6) is 0. The van der Waals surface area contributed by atoms with Gasteiger partial charge in [-0.1, -0.05) is 12.8 Å². The Morgan fingerprint density at radius 2 is 0.846 bits per heavy atom. The molecule has 0 saturated carbocycles. The summed E-state index contributed by atoms with van der Waals surface area (Å²) >= 11 is 0. The molecule has 0 N–H and O–H groups in total. The molecular formula is C16H40N2O6P2+2. The van der Waals surface area contributed by atoms with E-state index in [0.717, 1.165) is 47.7 Å². The Balaban J connectivity index is 3.40. The predicted molar refractivity (Wildman–Crippen MR) is 106 cm³/mol. The lowest BCUT2D eigenvalue weighted by Crippen LogP contribution is -2.37. The molecule has 0 aromatic heterocycles. The molecule has 158 valence electrons. The quantitative estimate of drug-likeness (QED) is 0.206. The SMILES string of the molecule is C[N+](C)(C)CCO[PH](=O)OCCCCCCO[PH](=O)OCC[N+](C)(C)C. The zero-order valence-corrected chi connectivity index (χ0v) is 19.4. The van der Waals surface area contributed by atoms with Gasteiger partial charge in [-0.25, -0.2) is 0 Å². The van der Waals surface area contributed by atoms with Crippen LogP contribution < -0.4 is 0 Å². The van der Waals surface area contributed by atoms with Gasteiger partial charge in [0, 0.05) is 0 Å². The fourth-order valence-electron chi connectivity index (χ4n) is 1.76. The molecule has 0 aliphatic heterocycles. The van der Waals surface area contributed by atoms with E-state index in [0.29, 0.717) is 26.4 Å². The van der Waals surface area contributed by atoms with Crippen LogP contribution in [-0.4, -0.2) is 90.8 Å². The number of unbranched alkanes of at least 4 members (excludes halogenated alkanes) is 3. The summed E-state index contributed by atoms with van der Waals surface area (Å²) in [6.45, 7) is 3.34. The first-order chi connectivity index (χ1) is 12.0. The highest BCUT2D eigenvalue weighted by atomic mass is 31.1. The fourth-order valence-corrected chi connectivity index (χ4v) is 3.06. The maximum Gasteiger partial charge on any atom is 0.319 e. The van der Waals surface area contributed by atoms with Crippen LogP contribution in [0.4, 0.5) is 0 Å². The van der Waals surface area contributed by atoms with Gasteiger partial charge < -0.3 is 27.1 Å². The van der Waals surface area contributed by atoms with Gasteiger partial charge in [0.15, 0.2) is 0 Å². The van der Waals surface area contributed by atoms with Crippen molar-refractivity contribution in [3.05, 3.63) is 0 Å². The van der Waals surface area contributed by atoms with Crippen LogP contribution in [0.5, 0.6) is 0 Å². The maximum absolute atomic E-state index is 11.6. The van der Waals surface area contributed by atoms with E-state index in [1.165, 1.54) is 0 Å². The molecule has 0 spiro atoms. The van der Waals surface area contributed by atoms with Crippen molar-refractivity contribution in [3.63, 3.8) is 0 Å². The Kier molecular flexibility index (Phi) is 14.4. The third-order valence-corrected chi connectivity index (χ3v) is 5.20. The first-order valence-electron chi connectivity index (χ1n) is 9.20. The van der Waals surface area contributed by atoms with Crippen molar-refractivity contribution in [2.24, 2.45) is 0 Å². The van der Waals surface area contributed by atoms with Gasteiger partial charge in [-0.2, -0.15) is 0 Å². The van der Waals surface area contributed by atoms with Crippen LogP contribution in [0.2, 0.25) is 0 Å². The lowest BCUT2D eigenvalue weighted by atomic mass is 10.2. The highest BCUT2D eigenvalue weighted by Gasteiger charge is 2.09. The first kappa shape index (κ1) is 26.2. The molecule has 0 rings (SSSR count). The average molecular weight is 418 g/mol. The van der Waals surface area contributed by atoms with Crippen LogP contribution in [0.25, 0.3) is 0 Å². The first-order valence-corrected chi connectivity index (χ1v) is 11.6. The number of rotatable bonds is 17. The molecule has 26 heavy (non-hydrogen) atoms. The minimum atomic E-state index is -2.38. The highest BCUT2D eigenvalue weighted by molar-refractivity contribution is 7.33. The molecule has 0 heterocycles. The molecule has 0 fully saturated rings. The van der Waals surface area contributed by atoms with Crippen LogP contribution in [0, 0.1) is 0 Å².